The molecule has 0 fully saturated rings. The van der Waals surface area contributed by atoms with Gasteiger partial charge >= 0.3 is 0 Å². The van der Waals surface area contributed by atoms with Gasteiger partial charge in [0.2, 0.25) is 0 Å². The van der Waals surface area contributed by atoms with E-state index in [0.29, 0.717) is 0 Å². The van der Waals surface area contributed by atoms with Gasteiger partial charge in [-0.15, -0.1) is 0 Å². The van der Waals surface area contributed by atoms with Crippen LogP contribution in [0, 0.1) is 0 Å². The zero-order valence-corrected chi connectivity index (χ0v) is 9.08. The third kappa shape index (κ3) is 2.92. The average molecular weight is 194 g/mol. The summed E-state index contributed by atoms with van der Waals surface area (Å²) in [6.07, 6.45) is 0. The van der Waals surface area contributed by atoms with Crippen LogP contribution in [-0.4, -0.2) is 25.6 Å². The molecule has 1 aromatic rings. The highest BCUT2D eigenvalue weighted by Crippen LogP contribution is 2.19. The van der Waals surface area contributed by atoms with Crippen molar-refractivity contribution in [2.24, 2.45) is 0 Å². The van der Waals surface area contributed by atoms with Crippen molar-refractivity contribution in [2.45, 2.75) is 13.5 Å². The van der Waals surface area contributed by atoms with Crippen LogP contribution in [0.4, 0.5) is 5.69 Å². The minimum atomic E-state index is 0.754. The molecule has 2 N–H and O–H groups in total. The van der Waals surface area contributed by atoms with E-state index in [-0.39, 0.29) is 0 Å². The van der Waals surface area contributed by atoms with E-state index in [1.165, 1.54) is 5.56 Å². The molecule has 0 aliphatic rings. The topological polar surface area (TPSA) is 38.5 Å². The summed E-state index contributed by atoms with van der Waals surface area (Å²) in [6.45, 7) is 4.05. The van der Waals surface area contributed by atoms with Gasteiger partial charge in [0, 0.05) is 18.3 Å². The number of hydrogen-bond acceptors (Lipinski definition) is 3. The maximum absolute atomic E-state index is 5.75. The number of hydrogen-bond donors (Lipinski definition) is 1. The van der Waals surface area contributed by atoms with Crippen LogP contribution in [0.15, 0.2) is 18.2 Å². The molecule has 0 heterocycles. The number of ether oxygens (including phenoxy) is 1. The fourth-order valence-corrected chi connectivity index (χ4v) is 1.32. The molecule has 0 aliphatic carbocycles. The second-order valence-corrected chi connectivity index (χ2v) is 3.44. The molecule has 0 bridgehead atoms. The Morgan fingerprint density at radius 1 is 1.36 bits per heavy atom. The van der Waals surface area contributed by atoms with E-state index in [1.54, 1.807) is 7.11 Å². The Balaban J connectivity index is 2.81. The van der Waals surface area contributed by atoms with Crippen molar-refractivity contribution < 1.29 is 4.74 Å². The van der Waals surface area contributed by atoms with Crippen molar-refractivity contribution in [3.05, 3.63) is 23.8 Å². The molecule has 0 amide bonds. The van der Waals surface area contributed by atoms with Gasteiger partial charge in [-0.25, -0.2) is 0 Å². The molecule has 0 aliphatic heterocycles. The summed E-state index contributed by atoms with van der Waals surface area (Å²) in [7, 11) is 3.73. The zero-order valence-electron chi connectivity index (χ0n) is 9.08. The molecule has 78 valence electrons. The first-order valence-electron chi connectivity index (χ1n) is 4.77. The SMILES string of the molecule is CCN(C)Cc1cc(N)cc(OC)c1. The quantitative estimate of drug-likeness (QED) is 0.742. The molecule has 1 aromatic carbocycles. The molecule has 0 unspecified atom stereocenters. The molecule has 1 rings (SSSR count). The molecular weight excluding hydrogens is 176 g/mol. The summed E-state index contributed by atoms with van der Waals surface area (Å²) in [4.78, 5) is 2.22. The minimum Gasteiger partial charge on any atom is -0.497 e. The molecule has 3 heteroatoms. The molecule has 0 atom stereocenters. The van der Waals surface area contributed by atoms with Crippen molar-refractivity contribution >= 4 is 5.69 Å². The molecule has 3 nitrogen and oxygen atoms in total. The van der Waals surface area contributed by atoms with Gasteiger partial charge in [0.15, 0.2) is 0 Å². The highest BCUT2D eigenvalue weighted by molar-refractivity contribution is 5.47. The zero-order chi connectivity index (χ0) is 10.6. The van der Waals surface area contributed by atoms with Gasteiger partial charge in [-0.2, -0.15) is 0 Å². The molecule has 0 spiro atoms. The standard InChI is InChI=1S/C11H18N2O/c1-4-13(2)8-9-5-10(12)7-11(6-9)14-3/h5-7H,4,8,12H2,1-3H3. The molecular formula is C11H18N2O. The lowest BCUT2D eigenvalue weighted by atomic mass is 10.2. The highest BCUT2D eigenvalue weighted by atomic mass is 16.5. The van der Waals surface area contributed by atoms with Crippen LogP contribution in [0.2, 0.25) is 0 Å². The van der Waals surface area contributed by atoms with Crippen molar-refractivity contribution in [2.75, 3.05) is 26.4 Å². The van der Waals surface area contributed by atoms with Crippen LogP contribution >= 0.6 is 0 Å². The van der Waals surface area contributed by atoms with Gasteiger partial charge in [-0.05, 0) is 31.3 Å². The van der Waals surface area contributed by atoms with Crippen LogP contribution in [-0.2, 0) is 6.54 Å². The van der Waals surface area contributed by atoms with Crippen LogP contribution < -0.4 is 10.5 Å². The number of nitrogens with two attached hydrogens (primary N) is 1. The Labute approximate surface area is 85.5 Å². The third-order valence-electron chi connectivity index (χ3n) is 2.22. The number of anilines is 1. The van der Waals surface area contributed by atoms with E-state index in [1.807, 2.05) is 18.2 Å². The van der Waals surface area contributed by atoms with Crippen LogP contribution in [0.25, 0.3) is 0 Å². The van der Waals surface area contributed by atoms with E-state index < -0.39 is 0 Å². The third-order valence-corrected chi connectivity index (χ3v) is 2.22. The number of benzene rings is 1. The fourth-order valence-electron chi connectivity index (χ4n) is 1.32. The fraction of sp³-hybridized carbons (Fsp3) is 0.455. The number of rotatable bonds is 4. The number of methoxy groups -OCH3 is 1. The summed E-state index contributed by atoms with van der Waals surface area (Å²) in [5.74, 6) is 0.824. The summed E-state index contributed by atoms with van der Waals surface area (Å²) < 4.78 is 5.15. The van der Waals surface area contributed by atoms with Gasteiger partial charge < -0.3 is 15.4 Å². The molecule has 0 saturated heterocycles. The van der Waals surface area contributed by atoms with Crippen LogP contribution in [0.5, 0.6) is 5.75 Å². The predicted octanol–water partition coefficient (Wildman–Crippen LogP) is 1.73. The monoisotopic (exact) mass is 194 g/mol. The molecule has 0 radical (unpaired) electrons. The van der Waals surface area contributed by atoms with Gasteiger partial charge in [-0.3, -0.25) is 0 Å². The minimum absolute atomic E-state index is 0.754. The highest BCUT2D eigenvalue weighted by Gasteiger charge is 2.01. The van der Waals surface area contributed by atoms with Crippen LogP contribution in [0.1, 0.15) is 12.5 Å². The van der Waals surface area contributed by atoms with Gasteiger partial charge in [0.1, 0.15) is 5.75 Å². The summed E-state index contributed by atoms with van der Waals surface area (Å²) in [6, 6.07) is 5.83. The first-order chi connectivity index (χ1) is 6.65. The lowest BCUT2D eigenvalue weighted by Gasteiger charge is -2.14. The van der Waals surface area contributed by atoms with Crippen molar-refractivity contribution in [3.8, 4) is 5.75 Å². The Morgan fingerprint density at radius 2 is 2.07 bits per heavy atom. The Hall–Kier alpha value is -1.22. The lowest BCUT2D eigenvalue weighted by Crippen LogP contribution is -2.16. The first kappa shape index (κ1) is 10.9. The van der Waals surface area contributed by atoms with Crippen molar-refractivity contribution in [3.63, 3.8) is 0 Å². The summed E-state index contributed by atoms with van der Waals surface area (Å²) >= 11 is 0. The largest absolute Gasteiger partial charge is 0.497 e. The second kappa shape index (κ2) is 4.86. The predicted molar refractivity (Wildman–Crippen MR) is 59.4 cm³/mol. The average Bonchev–Trinajstić information content (AvgIpc) is 2.16. The summed E-state index contributed by atoms with van der Waals surface area (Å²) in [5, 5.41) is 0. The first-order valence-corrected chi connectivity index (χ1v) is 4.77. The van der Waals surface area contributed by atoms with Crippen LogP contribution in [0.3, 0.4) is 0 Å². The van der Waals surface area contributed by atoms with Gasteiger partial charge in [-0.1, -0.05) is 6.92 Å². The maximum Gasteiger partial charge on any atom is 0.121 e. The molecule has 0 saturated carbocycles. The van der Waals surface area contributed by atoms with Gasteiger partial charge in [0.05, 0.1) is 7.11 Å². The number of nitrogen functional groups attached to an aromatic ring is 1. The van der Waals surface area contributed by atoms with E-state index in [4.69, 9.17) is 10.5 Å². The molecule has 0 aromatic heterocycles. The summed E-state index contributed by atoms with van der Waals surface area (Å²) in [5.41, 5.74) is 7.69. The smallest absolute Gasteiger partial charge is 0.121 e. The Morgan fingerprint density at radius 3 is 2.64 bits per heavy atom. The Bertz CT molecular complexity index is 299. The van der Waals surface area contributed by atoms with Crippen molar-refractivity contribution in [1.29, 1.82) is 0 Å². The number of nitrogens with zero attached hydrogens (tertiary/aromatic N) is 1. The van der Waals surface area contributed by atoms with E-state index in [9.17, 15) is 0 Å². The van der Waals surface area contributed by atoms with Gasteiger partial charge in [0.25, 0.3) is 0 Å². The van der Waals surface area contributed by atoms with Crippen molar-refractivity contribution in [1.82, 2.24) is 4.90 Å². The maximum atomic E-state index is 5.75. The lowest BCUT2D eigenvalue weighted by molar-refractivity contribution is 0.344. The second-order valence-electron chi connectivity index (χ2n) is 3.44. The van der Waals surface area contributed by atoms with E-state index >= 15 is 0 Å². The molecule has 14 heavy (non-hydrogen) atoms. The Kier molecular flexibility index (Phi) is 3.77. The van der Waals surface area contributed by atoms with E-state index in [2.05, 4.69) is 18.9 Å². The normalized spacial score (nSPS) is 10.6. The van der Waals surface area contributed by atoms with E-state index in [0.717, 1.165) is 24.5 Å².